The smallest absolute Gasteiger partial charge is 0.274 e. The maximum Gasteiger partial charge on any atom is 0.274 e. The average molecular weight is 434 g/mol. The predicted molar refractivity (Wildman–Crippen MR) is 127 cm³/mol. The van der Waals surface area contributed by atoms with Crippen LogP contribution in [0, 0.1) is 5.92 Å². The van der Waals surface area contributed by atoms with Crippen LogP contribution >= 0.6 is 11.9 Å². The Morgan fingerprint density at radius 1 is 1.13 bits per heavy atom. The summed E-state index contributed by atoms with van der Waals surface area (Å²) in [5.41, 5.74) is 1.95. The summed E-state index contributed by atoms with van der Waals surface area (Å²) in [7, 11) is 0. The van der Waals surface area contributed by atoms with Gasteiger partial charge >= 0.3 is 0 Å². The Morgan fingerprint density at radius 2 is 1.87 bits per heavy atom. The number of carbonyl (C=O) groups excluding carboxylic acids is 1. The zero-order chi connectivity index (χ0) is 21.6. The fourth-order valence-corrected chi connectivity index (χ4v) is 3.72. The molecule has 0 unspecified atom stereocenters. The lowest BCUT2D eigenvalue weighted by molar-refractivity contribution is 0.102. The molecular formula is C24H27N5OS. The summed E-state index contributed by atoms with van der Waals surface area (Å²) in [6.45, 7) is 4.04. The third kappa shape index (κ3) is 5.62. The number of benzene rings is 2. The molecule has 31 heavy (non-hydrogen) atoms. The molecule has 160 valence electrons. The van der Waals surface area contributed by atoms with Crippen LogP contribution in [0.2, 0.25) is 0 Å². The van der Waals surface area contributed by atoms with Crippen LogP contribution in [0.5, 0.6) is 0 Å². The molecule has 1 fully saturated rings. The van der Waals surface area contributed by atoms with E-state index < -0.39 is 0 Å². The number of carbonyl (C=O) groups is 1. The van der Waals surface area contributed by atoms with E-state index in [0.29, 0.717) is 17.2 Å². The van der Waals surface area contributed by atoms with Gasteiger partial charge in [-0.15, -0.1) is 0 Å². The van der Waals surface area contributed by atoms with Crippen LogP contribution in [-0.2, 0) is 0 Å². The molecule has 0 atom stereocenters. The molecule has 7 heteroatoms. The molecule has 0 radical (unpaired) electrons. The number of aromatic nitrogens is 2. The summed E-state index contributed by atoms with van der Waals surface area (Å²) in [6, 6.07) is 19.0. The van der Waals surface area contributed by atoms with Crippen LogP contribution < -0.4 is 15.4 Å². The zero-order valence-electron chi connectivity index (χ0n) is 17.6. The Kier molecular flexibility index (Phi) is 6.84. The van der Waals surface area contributed by atoms with Crippen molar-refractivity contribution in [3.63, 3.8) is 0 Å². The molecule has 3 N–H and O–H groups in total. The summed E-state index contributed by atoms with van der Waals surface area (Å²) >= 11 is 1.17. The number of anilines is 2. The molecule has 1 saturated carbocycles. The molecule has 0 aliphatic heterocycles. The topological polar surface area (TPSA) is 84.1 Å². The van der Waals surface area contributed by atoms with Crippen molar-refractivity contribution in [2.75, 3.05) is 23.3 Å². The largest absolute Gasteiger partial charge is 0.356 e. The number of nitrogens with two attached hydrogens (primary N) is 1. The van der Waals surface area contributed by atoms with E-state index in [0.717, 1.165) is 41.7 Å². The van der Waals surface area contributed by atoms with Gasteiger partial charge < -0.3 is 10.2 Å². The second kappa shape index (κ2) is 9.94. The fourth-order valence-electron chi connectivity index (χ4n) is 3.42. The van der Waals surface area contributed by atoms with Crippen LogP contribution in [0.1, 0.15) is 36.7 Å². The standard InChI is InChI=1S/C24H27N5OS/c1-2-14-29(16-17-8-9-17)22-15-21(27-23(28-22)18-6-4-3-5-7-18)24(30)26-19-10-12-20(31-25)13-11-19/h3-7,10-13,15,17H,2,8-9,14,16,25H2,1H3,(H,26,30). The normalized spacial score (nSPS) is 13.1. The van der Waals surface area contributed by atoms with Crippen molar-refractivity contribution in [2.24, 2.45) is 11.1 Å². The maximum atomic E-state index is 13.1. The van der Waals surface area contributed by atoms with Gasteiger partial charge in [0.2, 0.25) is 0 Å². The lowest BCUT2D eigenvalue weighted by atomic mass is 10.2. The first kappa shape index (κ1) is 21.3. The van der Waals surface area contributed by atoms with Crippen LogP contribution in [0.3, 0.4) is 0 Å². The van der Waals surface area contributed by atoms with Crippen molar-refractivity contribution >= 4 is 29.4 Å². The molecule has 4 rings (SSSR count). The summed E-state index contributed by atoms with van der Waals surface area (Å²) < 4.78 is 0. The first-order valence-corrected chi connectivity index (χ1v) is 11.5. The van der Waals surface area contributed by atoms with Gasteiger partial charge in [0.15, 0.2) is 5.82 Å². The van der Waals surface area contributed by atoms with Gasteiger partial charge in [0.05, 0.1) is 0 Å². The summed E-state index contributed by atoms with van der Waals surface area (Å²) in [4.78, 5) is 25.7. The van der Waals surface area contributed by atoms with E-state index in [1.807, 2.05) is 60.7 Å². The Hall–Kier alpha value is -2.90. The van der Waals surface area contributed by atoms with E-state index in [1.165, 1.54) is 24.8 Å². The highest BCUT2D eigenvalue weighted by Crippen LogP contribution is 2.32. The average Bonchev–Trinajstić information content (AvgIpc) is 3.64. The minimum atomic E-state index is -0.253. The molecule has 0 spiro atoms. The van der Waals surface area contributed by atoms with Gasteiger partial charge in [0, 0.05) is 35.3 Å². The monoisotopic (exact) mass is 433 g/mol. The van der Waals surface area contributed by atoms with Crippen LogP contribution in [-0.4, -0.2) is 29.0 Å². The molecular weight excluding hydrogens is 406 g/mol. The van der Waals surface area contributed by atoms with Gasteiger partial charge in [-0.2, -0.15) is 0 Å². The predicted octanol–water partition coefficient (Wildman–Crippen LogP) is 4.99. The van der Waals surface area contributed by atoms with Crippen molar-refractivity contribution in [1.82, 2.24) is 9.97 Å². The van der Waals surface area contributed by atoms with Gasteiger partial charge in [0.1, 0.15) is 11.5 Å². The highest BCUT2D eigenvalue weighted by atomic mass is 32.2. The Morgan fingerprint density at radius 3 is 2.52 bits per heavy atom. The van der Waals surface area contributed by atoms with Crippen molar-refractivity contribution in [3.8, 4) is 11.4 Å². The van der Waals surface area contributed by atoms with E-state index >= 15 is 0 Å². The number of nitrogens with one attached hydrogen (secondary N) is 1. The van der Waals surface area contributed by atoms with Crippen LogP contribution in [0.4, 0.5) is 11.5 Å². The molecule has 1 aliphatic rings. The molecule has 6 nitrogen and oxygen atoms in total. The highest BCUT2D eigenvalue weighted by molar-refractivity contribution is 7.97. The molecule has 3 aromatic rings. The van der Waals surface area contributed by atoms with Gasteiger partial charge in [-0.25, -0.2) is 9.97 Å². The fraction of sp³-hybridized carbons (Fsp3) is 0.292. The van der Waals surface area contributed by atoms with Gasteiger partial charge in [0.25, 0.3) is 5.91 Å². The second-order valence-electron chi connectivity index (χ2n) is 7.79. The quantitative estimate of drug-likeness (QED) is 0.463. The van der Waals surface area contributed by atoms with Gasteiger partial charge in [-0.3, -0.25) is 9.93 Å². The van der Waals surface area contributed by atoms with Crippen molar-refractivity contribution in [2.45, 2.75) is 31.1 Å². The van der Waals surface area contributed by atoms with E-state index in [-0.39, 0.29) is 5.91 Å². The minimum absolute atomic E-state index is 0.253. The maximum absolute atomic E-state index is 13.1. The lowest BCUT2D eigenvalue weighted by Gasteiger charge is -2.24. The van der Waals surface area contributed by atoms with Crippen molar-refractivity contribution in [3.05, 3.63) is 66.4 Å². The van der Waals surface area contributed by atoms with Crippen LogP contribution in [0.25, 0.3) is 11.4 Å². The molecule has 1 aromatic heterocycles. The Bertz CT molecular complexity index is 1020. The first-order valence-electron chi connectivity index (χ1n) is 10.6. The molecule has 1 amide bonds. The number of hydrogen-bond acceptors (Lipinski definition) is 6. The van der Waals surface area contributed by atoms with Gasteiger partial charge in [-0.1, -0.05) is 37.3 Å². The van der Waals surface area contributed by atoms with E-state index in [4.69, 9.17) is 10.1 Å². The molecule has 0 bridgehead atoms. The third-order valence-electron chi connectivity index (χ3n) is 5.22. The molecule has 1 heterocycles. The summed E-state index contributed by atoms with van der Waals surface area (Å²) in [5.74, 6) is 1.84. The van der Waals surface area contributed by atoms with Crippen molar-refractivity contribution in [1.29, 1.82) is 0 Å². The first-order chi connectivity index (χ1) is 15.2. The Balaban J connectivity index is 1.66. The summed E-state index contributed by atoms with van der Waals surface area (Å²) in [6.07, 6.45) is 3.55. The number of nitrogens with zero attached hydrogens (tertiary/aromatic N) is 3. The number of hydrogen-bond donors (Lipinski definition) is 2. The van der Waals surface area contributed by atoms with E-state index in [2.05, 4.69) is 22.1 Å². The molecule has 0 saturated heterocycles. The van der Waals surface area contributed by atoms with Crippen molar-refractivity contribution < 1.29 is 4.79 Å². The third-order valence-corrected chi connectivity index (χ3v) is 5.76. The Labute approximate surface area is 187 Å². The SMILES string of the molecule is CCCN(CC1CC1)c1cc(C(=O)Nc2ccc(SN)cc2)nc(-c2ccccc2)n1. The lowest BCUT2D eigenvalue weighted by Crippen LogP contribution is -2.28. The van der Waals surface area contributed by atoms with E-state index in [9.17, 15) is 4.79 Å². The number of rotatable bonds is 9. The minimum Gasteiger partial charge on any atom is -0.356 e. The van der Waals surface area contributed by atoms with Gasteiger partial charge in [-0.05, 0) is 61.4 Å². The van der Waals surface area contributed by atoms with E-state index in [1.54, 1.807) is 0 Å². The summed E-state index contributed by atoms with van der Waals surface area (Å²) in [5, 5.41) is 8.52. The van der Waals surface area contributed by atoms with Crippen LogP contribution in [0.15, 0.2) is 65.6 Å². The zero-order valence-corrected chi connectivity index (χ0v) is 18.4. The molecule has 2 aromatic carbocycles. The second-order valence-corrected chi connectivity index (χ2v) is 8.49. The molecule has 1 aliphatic carbocycles. The highest BCUT2D eigenvalue weighted by Gasteiger charge is 2.26. The number of amides is 1.